The topological polar surface area (TPSA) is 51.1 Å². The van der Waals surface area contributed by atoms with Crippen LogP contribution in [0.2, 0.25) is 0 Å². The predicted molar refractivity (Wildman–Crippen MR) is 73.7 cm³/mol. The van der Waals surface area contributed by atoms with Crippen LogP contribution in [0.25, 0.3) is 0 Å². The summed E-state index contributed by atoms with van der Waals surface area (Å²) in [5.41, 5.74) is -0.957. The first kappa shape index (κ1) is 14.4. The molecule has 1 N–H and O–H groups in total. The van der Waals surface area contributed by atoms with Gasteiger partial charge in [0.25, 0.3) is 11.5 Å². The maximum absolute atomic E-state index is 13.5. The minimum atomic E-state index is -1.25. The van der Waals surface area contributed by atoms with Crippen LogP contribution in [0.15, 0.2) is 39.7 Å². The fourth-order valence-corrected chi connectivity index (χ4v) is 2.16. The third-order valence-electron chi connectivity index (χ3n) is 2.59. The molecule has 0 spiro atoms. The van der Waals surface area contributed by atoms with E-state index < -0.39 is 28.7 Å². The molecular formula is C13H9BrF2N2O2. The molecule has 0 saturated heterocycles. The zero-order chi connectivity index (χ0) is 14.9. The van der Waals surface area contributed by atoms with E-state index in [1.165, 1.54) is 29.9 Å². The molecular weight excluding hydrogens is 334 g/mol. The highest BCUT2D eigenvalue weighted by molar-refractivity contribution is 9.10. The van der Waals surface area contributed by atoms with Crippen molar-refractivity contribution < 1.29 is 13.6 Å². The molecule has 4 nitrogen and oxygen atoms in total. The number of aryl methyl sites for hydroxylation is 1. The van der Waals surface area contributed by atoms with Crippen molar-refractivity contribution in [3.05, 3.63) is 62.5 Å². The standard InChI is InChI=1S/C13H9BrF2N2O2/c1-18-6-7(14)5-10(13(18)20)17-12(19)8-3-2-4-9(15)11(8)16/h2-6H,1H3,(H,17,19). The molecule has 0 bridgehead atoms. The van der Waals surface area contributed by atoms with Crippen LogP contribution in [0.3, 0.4) is 0 Å². The van der Waals surface area contributed by atoms with Gasteiger partial charge in [-0.15, -0.1) is 0 Å². The summed E-state index contributed by atoms with van der Waals surface area (Å²) in [5.74, 6) is -3.27. The quantitative estimate of drug-likeness (QED) is 0.912. The molecule has 0 aliphatic carbocycles. The summed E-state index contributed by atoms with van der Waals surface area (Å²) < 4.78 is 28.4. The van der Waals surface area contributed by atoms with Gasteiger partial charge in [0, 0.05) is 17.7 Å². The maximum atomic E-state index is 13.5. The Balaban J connectivity index is 2.38. The van der Waals surface area contributed by atoms with Crippen LogP contribution in [0, 0.1) is 11.6 Å². The second-order valence-corrected chi connectivity index (χ2v) is 4.96. The lowest BCUT2D eigenvalue weighted by molar-refractivity contribution is 0.102. The first-order valence-electron chi connectivity index (χ1n) is 5.51. The molecule has 1 heterocycles. The van der Waals surface area contributed by atoms with Gasteiger partial charge in [-0.25, -0.2) is 8.78 Å². The molecule has 1 aromatic heterocycles. The zero-order valence-electron chi connectivity index (χ0n) is 10.3. The lowest BCUT2D eigenvalue weighted by Gasteiger charge is -2.08. The number of amides is 1. The second kappa shape index (κ2) is 5.54. The number of nitrogens with one attached hydrogen (secondary N) is 1. The van der Waals surface area contributed by atoms with Gasteiger partial charge in [-0.05, 0) is 34.1 Å². The molecule has 0 atom stereocenters. The van der Waals surface area contributed by atoms with E-state index in [9.17, 15) is 18.4 Å². The molecule has 0 radical (unpaired) electrons. The second-order valence-electron chi connectivity index (χ2n) is 4.04. The number of rotatable bonds is 2. The first-order chi connectivity index (χ1) is 9.40. The smallest absolute Gasteiger partial charge is 0.274 e. The Hall–Kier alpha value is -2.02. The van der Waals surface area contributed by atoms with Crippen molar-refractivity contribution in [2.45, 2.75) is 0 Å². The molecule has 0 fully saturated rings. The van der Waals surface area contributed by atoms with Crippen LogP contribution in [-0.4, -0.2) is 10.5 Å². The molecule has 7 heteroatoms. The Morgan fingerprint density at radius 2 is 2.05 bits per heavy atom. The van der Waals surface area contributed by atoms with E-state index >= 15 is 0 Å². The third kappa shape index (κ3) is 2.77. The molecule has 20 heavy (non-hydrogen) atoms. The summed E-state index contributed by atoms with van der Waals surface area (Å²) >= 11 is 3.17. The Kier molecular flexibility index (Phi) is 3.99. The van der Waals surface area contributed by atoms with Gasteiger partial charge in [-0.2, -0.15) is 0 Å². The van der Waals surface area contributed by atoms with E-state index in [1.807, 2.05) is 0 Å². The first-order valence-corrected chi connectivity index (χ1v) is 6.31. The largest absolute Gasteiger partial charge is 0.317 e. The van der Waals surface area contributed by atoms with Crippen molar-refractivity contribution in [3.63, 3.8) is 0 Å². The van der Waals surface area contributed by atoms with Gasteiger partial charge >= 0.3 is 0 Å². The molecule has 0 unspecified atom stereocenters. The van der Waals surface area contributed by atoms with E-state index in [0.717, 1.165) is 12.1 Å². The van der Waals surface area contributed by atoms with Crippen LogP contribution >= 0.6 is 15.9 Å². The van der Waals surface area contributed by atoms with Crippen molar-refractivity contribution in [1.82, 2.24) is 4.57 Å². The van der Waals surface area contributed by atoms with E-state index in [2.05, 4.69) is 21.2 Å². The number of carbonyl (C=O) groups is 1. The van der Waals surface area contributed by atoms with Gasteiger partial charge in [0.05, 0.1) is 5.56 Å². The Labute approximate surface area is 121 Å². The van der Waals surface area contributed by atoms with Gasteiger partial charge in [0.1, 0.15) is 5.69 Å². The number of hydrogen-bond donors (Lipinski definition) is 1. The Morgan fingerprint density at radius 3 is 2.75 bits per heavy atom. The number of anilines is 1. The van der Waals surface area contributed by atoms with E-state index in [1.54, 1.807) is 0 Å². The molecule has 1 amide bonds. The van der Waals surface area contributed by atoms with Gasteiger partial charge in [0.15, 0.2) is 11.6 Å². The normalized spacial score (nSPS) is 10.4. The van der Waals surface area contributed by atoms with Crippen molar-refractivity contribution in [3.8, 4) is 0 Å². The summed E-state index contributed by atoms with van der Waals surface area (Å²) in [5, 5.41) is 2.27. The van der Waals surface area contributed by atoms with Crippen LogP contribution in [0.5, 0.6) is 0 Å². The fraction of sp³-hybridized carbons (Fsp3) is 0.0769. The molecule has 104 valence electrons. The predicted octanol–water partition coefficient (Wildman–Crippen LogP) is 2.68. The molecule has 2 rings (SSSR count). The summed E-state index contributed by atoms with van der Waals surface area (Å²) in [6.07, 6.45) is 1.51. The highest BCUT2D eigenvalue weighted by Gasteiger charge is 2.16. The minimum absolute atomic E-state index is 0.0319. The van der Waals surface area contributed by atoms with Crippen LogP contribution in [0.4, 0.5) is 14.5 Å². The van der Waals surface area contributed by atoms with Gasteiger partial charge in [-0.3, -0.25) is 9.59 Å². The lowest BCUT2D eigenvalue weighted by atomic mass is 10.2. The SMILES string of the molecule is Cn1cc(Br)cc(NC(=O)c2cccc(F)c2F)c1=O. The molecule has 2 aromatic rings. The number of carbonyl (C=O) groups excluding carboxylic acids is 1. The number of halogens is 3. The maximum Gasteiger partial charge on any atom is 0.274 e. The summed E-state index contributed by atoms with van der Waals surface area (Å²) in [4.78, 5) is 23.7. The van der Waals surface area contributed by atoms with Crippen LogP contribution < -0.4 is 10.9 Å². The minimum Gasteiger partial charge on any atom is -0.317 e. The highest BCUT2D eigenvalue weighted by Crippen LogP contribution is 2.15. The van der Waals surface area contributed by atoms with Crippen LogP contribution in [-0.2, 0) is 7.05 Å². The van der Waals surface area contributed by atoms with E-state index in [0.29, 0.717) is 4.47 Å². The van der Waals surface area contributed by atoms with Crippen LogP contribution in [0.1, 0.15) is 10.4 Å². The van der Waals surface area contributed by atoms with E-state index in [4.69, 9.17) is 0 Å². The highest BCUT2D eigenvalue weighted by atomic mass is 79.9. The summed E-state index contributed by atoms with van der Waals surface area (Å²) in [6, 6.07) is 4.64. The third-order valence-corrected chi connectivity index (χ3v) is 3.03. The van der Waals surface area contributed by atoms with Crippen molar-refractivity contribution >= 4 is 27.5 Å². The number of aromatic nitrogens is 1. The van der Waals surface area contributed by atoms with Gasteiger partial charge in [0.2, 0.25) is 0 Å². The van der Waals surface area contributed by atoms with Crippen molar-refractivity contribution in [1.29, 1.82) is 0 Å². The van der Waals surface area contributed by atoms with E-state index in [-0.39, 0.29) is 5.69 Å². The average molecular weight is 343 g/mol. The summed E-state index contributed by atoms with van der Waals surface area (Å²) in [6.45, 7) is 0. The number of benzene rings is 1. The zero-order valence-corrected chi connectivity index (χ0v) is 11.9. The van der Waals surface area contributed by atoms with Crippen molar-refractivity contribution in [2.75, 3.05) is 5.32 Å². The summed E-state index contributed by atoms with van der Waals surface area (Å²) in [7, 11) is 1.51. The number of nitrogens with zero attached hydrogens (tertiary/aromatic N) is 1. The molecule has 0 aliphatic rings. The molecule has 0 saturated carbocycles. The van der Waals surface area contributed by atoms with Gasteiger partial charge in [-0.1, -0.05) is 6.07 Å². The Morgan fingerprint density at radius 1 is 1.35 bits per heavy atom. The van der Waals surface area contributed by atoms with Crippen molar-refractivity contribution in [2.24, 2.45) is 7.05 Å². The number of pyridine rings is 1. The molecule has 0 aliphatic heterocycles. The molecule has 1 aromatic carbocycles. The Bertz CT molecular complexity index is 744. The monoisotopic (exact) mass is 342 g/mol. The lowest BCUT2D eigenvalue weighted by Crippen LogP contribution is -2.24. The fourth-order valence-electron chi connectivity index (χ4n) is 1.63. The van der Waals surface area contributed by atoms with Gasteiger partial charge < -0.3 is 9.88 Å². The number of hydrogen-bond acceptors (Lipinski definition) is 2. The average Bonchev–Trinajstić information content (AvgIpc) is 2.38.